The summed E-state index contributed by atoms with van der Waals surface area (Å²) in [5.74, 6) is 0.0292. The van der Waals surface area contributed by atoms with Gasteiger partial charge < -0.3 is 14.5 Å². The molecule has 2 aromatic rings. The Morgan fingerprint density at radius 1 is 1.11 bits per heavy atom. The van der Waals surface area contributed by atoms with E-state index in [2.05, 4.69) is 22.1 Å². The van der Waals surface area contributed by atoms with Gasteiger partial charge in [-0.3, -0.25) is 9.59 Å². The molecule has 7 nitrogen and oxygen atoms in total. The first-order valence-corrected chi connectivity index (χ1v) is 13.2. The van der Waals surface area contributed by atoms with E-state index < -0.39 is 11.2 Å². The second-order valence-electron chi connectivity index (χ2n) is 9.82. The maximum atomic E-state index is 14.9. The molecule has 1 aromatic carbocycles. The van der Waals surface area contributed by atoms with E-state index in [0.29, 0.717) is 70.3 Å². The van der Waals surface area contributed by atoms with Gasteiger partial charge in [0.05, 0.1) is 29.9 Å². The number of piperidine rings is 1. The first kappa shape index (κ1) is 25.3. The highest BCUT2D eigenvalue weighted by molar-refractivity contribution is 6.00. The largest absolute Gasteiger partial charge is 0.378 e. The van der Waals surface area contributed by atoms with E-state index in [0.717, 1.165) is 12.8 Å². The van der Waals surface area contributed by atoms with Crippen molar-refractivity contribution in [2.75, 3.05) is 44.3 Å². The smallest absolute Gasteiger partial charge is 0.257 e. The zero-order chi connectivity index (χ0) is 25.8. The minimum atomic E-state index is -0.513. The summed E-state index contributed by atoms with van der Waals surface area (Å²) in [6, 6.07) is 6.37. The van der Waals surface area contributed by atoms with Crippen molar-refractivity contribution < 1.29 is 18.7 Å². The summed E-state index contributed by atoms with van der Waals surface area (Å²) in [5.41, 5.74) is 1.51. The van der Waals surface area contributed by atoms with Crippen LogP contribution in [0.4, 0.5) is 10.3 Å². The highest BCUT2D eigenvalue weighted by atomic mass is 19.1. The monoisotopic (exact) mass is 504 g/mol. The first-order valence-electron chi connectivity index (χ1n) is 13.2. The molecule has 1 aromatic heterocycles. The molecular weight excluding hydrogens is 471 g/mol. The number of ether oxygens (including phenoxy) is 1. The lowest BCUT2D eigenvalue weighted by atomic mass is 9.66. The van der Waals surface area contributed by atoms with Crippen molar-refractivity contribution in [2.45, 2.75) is 39.0 Å². The van der Waals surface area contributed by atoms with Gasteiger partial charge in [-0.1, -0.05) is 42.9 Å². The van der Waals surface area contributed by atoms with Crippen LogP contribution in [0.15, 0.2) is 54.3 Å². The third-order valence-electron chi connectivity index (χ3n) is 7.82. The van der Waals surface area contributed by atoms with Crippen molar-refractivity contribution in [3.05, 3.63) is 65.6 Å². The number of halogens is 1. The van der Waals surface area contributed by atoms with Gasteiger partial charge >= 0.3 is 0 Å². The highest BCUT2D eigenvalue weighted by Crippen LogP contribution is 2.44. The van der Waals surface area contributed by atoms with Crippen LogP contribution in [0, 0.1) is 11.2 Å². The summed E-state index contributed by atoms with van der Waals surface area (Å²) in [4.78, 5) is 39.9. The van der Waals surface area contributed by atoms with E-state index in [1.165, 1.54) is 17.8 Å². The van der Waals surface area contributed by atoms with Crippen molar-refractivity contribution in [1.82, 2.24) is 14.9 Å². The SMILES string of the molecule is CCC(=O)C1(C2=CC=CCC2)CCN(C(=O)c2cnc(N3CCOCC3)nc2-c2ccccc2F)CC1. The molecule has 2 saturated heterocycles. The van der Waals surface area contributed by atoms with Crippen molar-refractivity contribution in [2.24, 2.45) is 5.41 Å². The number of allylic oxidation sites excluding steroid dienone is 4. The van der Waals surface area contributed by atoms with E-state index in [9.17, 15) is 14.0 Å². The van der Waals surface area contributed by atoms with Gasteiger partial charge in [-0.15, -0.1) is 0 Å². The average molecular weight is 505 g/mol. The Balaban J connectivity index is 1.44. The number of carbonyl (C=O) groups excluding carboxylic acids is 2. The number of ketones is 1. The van der Waals surface area contributed by atoms with E-state index >= 15 is 0 Å². The van der Waals surface area contributed by atoms with E-state index in [-0.39, 0.29) is 22.8 Å². The van der Waals surface area contributed by atoms with Gasteiger partial charge in [-0.2, -0.15) is 0 Å². The first-order chi connectivity index (χ1) is 18.0. The summed E-state index contributed by atoms with van der Waals surface area (Å²) in [5, 5.41) is 0. The summed E-state index contributed by atoms with van der Waals surface area (Å²) < 4.78 is 20.3. The minimum absolute atomic E-state index is 0.234. The highest BCUT2D eigenvalue weighted by Gasteiger charge is 2.44. The number of rotatable bonds is 6. The predicted molar refractivity (Wildman–Crippen MR) is 140 cm³/mol. The summed E-state index contributed by atoms with van der Waals surface area (Å²) in [7, 11) is 0. The van der Waals surface area contributed by atoms with Gasteiger partial charge in [0.15, 0.2) is 0 Å². The molecule has 1 amide bonds. The van der Waals surface area contributed by atoms with Gasteiger partial charge in [-0.05, 0) is 37.8 Å². The lowest BCUT2D eigenvalue weighted by Gasteiger charge is -2.43. The topological polar surface area (TPSA) is 75.6 Å². The number of aromatic nitrogens is 2. The number of carbonyl (C=O) groups is 2. The number of hydrogen-bond acceptors (Lipinski definition) is 6. The number of hydrogen-bond donors (Lipinski definition) is 0. The Bertz CT molecular complexity index is 1230. The zero-order valence-corrected chi connectivity index (χ0v) is 21.3. The lowest BCUT2D eigenvalue weighted by molar-refractivity contribution is -0.128. The second kappa shape index (κ2) is 10.9. The Kier molecular flexibility index (Phi) is 7.46. The Morgan fingerprint density at radius 3 is 2.54 bits per heavy atom. The maximum Gasteiger partial charge on any atom is 0.257 e. The molecule has 2 aliphatic heterocycles. The number of likely N-dealkylation sites (tertiary alicyclic amines) is 1. The van der Waals surface area contributed by atoms with Gasteiger partial charge in [0, 0.05) is 44.4 Å². The molecule has 3 aliphatic rings. The third-order valence-corrected chi connectivity index (χ3v) is 7.82. The van der Waals surface area contributed by atoms with Gasteiger partial charge in [0.2, 0.25) is 5.95 Å². The maximum absolute atomic E-state index is 14.9. The number of amides is 1. The predicted octanol–water partition coefficient (Wildman–Crippen LogP) is 4.60. The van der Waals surface area contributed by atoms with Crippen LogP contribution in [-0.4, -0.2) is 66.0 Å². The average Bonchev–Trinajstić information content (AvgIpc) is 2.97. The van der Waals surface area contributed by atoms with Crippen LogP contribution < -0.4 is 4.90 Å². The molecule has 0 unspecified atom stereocenters. The second-order valence-corrected chi connectivity index (χ2v) is 9.82. The molecule has 0 radical (unpaired) electrons. The Labute approximate surface area is 217 Å². The molecule has 2 fully saturated rings. The summed E-state index contributed by atoms with van der Waals surface area (Å²) in [6.45, 7) is 5.22. The zero-order valence-electron chi connectivity index (χ0n) is 21.3. The molecule has 8 heteroatoms. The van der Waals surface area contributed by atoms with Crippen LogP contribution in [0.5, 0.6) is 0 Å². The number of morpholine rings is 1. The molecule has 5 rings (SSSR count). The van der Waals surface area contributed by atoms with Crippen molar-refractivity contribution in [3.63, 3.8) is 0 Å². The van der Waals surface area contributed by atoms with Crippen LogP contribution in [0.25, 0.3) is 11.3 Å². The Hall–Kier alpha value is -3.39. The van der Waals surface area contributed by atoms with Crippen LogP contribution >= 0.6 is 0 Å². The van der Waals surface area contributed by atoms with Crippen LogP contribution in [0.1, 0.15) is 49.4 Å². The third kappa shape index (κ3) is 4.94. The molecular formula is C29H33FN4O3. The van der Waals surface area contributed by atoms with Crippen molar-refractivity contribution >= 4 is 17.6 Å². The number of nitrogens with zero attached hydrogens (tertiary/aromatic N) is 4. The summed E-state index contributed by atoms with van der Waals surface area (Å²) in [6.07, 6.45) is 11.2. The van der Waals surface area contributed by atoms with E-state index in [4.69, 9.17) is 4.74 Å². The van der Waals surface area contributed by atoms with Crippen molar-refractivity contribution in [1.29, 1.82) is 0 Å². The van der Waals surface area contributed by atoms with Gasteiger partial charge in [0.1, 0.15) is 11.6 Å². The van der Waals surface area contributed by atoms with Gasteiger partial charge in [-0.25, -0.2) is 14.4 Å². The standard InChI is InChI=1S/C29H33FN4O3/c1-2-25(35)29(21-8-4-3-5-9-21)12-14-33(15-13-29)27(36)23-20-31-28(34-16-18-37-19-17-34)32-26(23)22-10-6-7-11-24(22)30/h3-4,6-8,10-11,20H,2,5,9,12-19H2,1H3. The number of anilines is 1. The fraction of sp³-hybridized carbons (Fsp3) is 0.448. The van der Waals surface area contributed by atoms with Crippen molar-refractivity contribution in [3.8, 4) is 11.3 Å². The molecule has 0 atom stereocenters. The fourth-order valence-corrected chi connectivity index (χ4v) is 5.68. The van der Waals surface area contributed by atoms with Gasteiger partial charge in [0.25, 0.3) is 5.91 Å². The molecule has 1 aliphatic carbocycles. The molecule has 0 spiro atoms. The van der Waals surface area contributed by atoms with E-state index in [1.807, 2.05) is 17.9 Å². The molecule has 3 heterocycles. The molecule has 37 heavy (non-hydrogen) atoms. The molecule has 0 saturated carbocycles. The molecule has 0 bridgehead atoms. The fourth-order valence-electron chi connectivity index (χ4n) is 5.68. The van der Waals surface area contributed by atoms with Crippen LogP contribution in [-0.2, 0) is 9.53 Å². The molecule has 0 N–H and O–H groups in total. The number of Topliss-reactive ketones (excluding diaryl/α,β-unsaturated/α-hetero) is 1. The van der Waals surface area contributed by atoms with Crippen LogP contribution in [0.2, 0.25) is 0 Å². The van der Waals surface area contributed by atoms with Crippen LogP contribution in [0.3, 0.4) is 0 Å². The summed E-state index contributed by atoms with van der Waals surface area (Å²) >= 11 is 0. The quantitative estimate of drug-likeness (QED) is 0.573. The van der Waals surface area contributed by atoms with E-state index in [1.54, 1.807) is 23.1 Å². The molecule has 194 valence electrons. The normalized spacial score (nSPS) is 19.5. The lowest BCUT2D eigenvalue weighted by Crippen LogP contribution is -2.47. The minimum Gasteiger partial charge on any atom is -0.378 e. The number of benzene rings is 1. The Morgan fingerprint density at radius 2 is 1.86 bits per heavy atom.